The second kappa shape index (κ2) is 13.8. The summed E-state index contributed by atoms with van der Waals surface area (Å²) in [6, 6.07) is 19.6. The van der Waals surface area contributed by atoms with Crippen LogP contribution < -0.4 is 14.4 Å². The Labute approximate surface area is 245 Å². The highest BCUT2D eigenvalue weighted by Crippen LogP contribution is 2.33. The molecule has 0 aliphatic rings. The Kier molecular flexibility index (Phi) is 10.8. The number of hydrogen-bond acceptors (Lipinski definition) is 5. The Morgan fingerprint density at radius 3 is 2.33 bits per heavy atom. The van der Waals surface area contributed by atoms with Crippen molar-refractivity contribution in [2.24, 2.45) is 0 Å². The van der Waals surface area contributed by atoms with Crippen LogP contribution in [0.2, 0.25) is 0 Å². The van der Waals surface area contributed by atoms with Crippen molar-refractivity contribution in [3.8, 4) is 5.75 Å². The molecular weight excluding hydrogens is 594 g/mol. The van der Waals surface area contributed by atoms with Gasteiger partial charge in [0.2, 0.25) is 11.8 Å². The lowest BCUT2D eigenvalue weighted by Crippen LogP contribution is -2.52. The molecule has 3 aromatic rings. The average Bonchev–Trinajstić information content (AvgIpc) is 2.94. The fourth-order valence-electron chi connectivity index (χ4n) is 4.11. The molecule has 0 radical (unpaired) electrons. The number of ether oxygens (including phenoxy) is 1. The second-order valence-electron chi connectivity index (χ2n) is 9.65. The van der Waals surface area contributed by atoms with E-state index in [1.165, 1.54) is 24.1 Å². The van der Waals surface area contributed by atoms with Gasteiger partial charge in [-0.1, -0.05) is 59.3 Å². The maximum absolute atomic E-state index is 14.1. The van der Waals surface area contributed by atoms with E-state index in [0.717, 1.165) is 26.3 Å². The predicted octanol–water partition coefficient (Wildman–Crippen LogP) is 5.29. The fraction of sp³-hybridized carbons (Fsp3) is 0.333. The largest absolute Gasteiger partial charge is 0.495 e. The molecule has 10 heteroatoms. The van der Waals surface area contributed by atoms with Gasteiger partial charge < -0.3 is 15.0 Å². The molecular formula is C30H36BrN3O5S. The lowest BCUT2D eigenvalue weighted by molar-refractivity contribution is -0.139. The lowest BCUT2D eigenvalue weighted by Gasteiger charge is -2.33. The normalized spacial score (nSPS) is 12.8. The number of anilines is 1. The van der Waals surface area contributed by atoms with Gasteiger partial charge in [-0.3, -0.25) is 13.9 Å². The van der Waals surface area contributed by atoms with E-state index in [1.54, 1.807) is 43.3 Å². The number of methoxy groups -OCH3 is 1. The molecule has 3 aromatic carbocycles. The van der Waals surface area contributed by atoms with E-state index in [-0.39, 0.29) is 29.1 Å². The molecule has 214 valence electrons. The SMILES string of the molecule is CCC(C)NC(=O)C(C)N(Cc1cccc(Br)c1)C(=O)CN(c1cc(C)ccc1OC)S(=O)(=O)c1ccccc1. The van der Waals surface area contributed by atoms with Crippen molar-refractivity contribution < 1.29 is 22.7 Å². The predicted molar refractivity (Wildman–Crippen MR) is 161 cm³/mol. The third kappa shape index (κ3) is 7.63. The Bertz CT molecular complexity index is 1430. The smallest absolute Gasteiger partial charge is 0.264 e. The molecule has 0 saturated carbocycles. The van der Waals surface area contributed by atoms with Crippen LogP contribution in [0.5, 0.6) is 5.75 Å². The van der Waals surface area contributed by atoms with Gasteiger partial charge in [0.05, 0.1) is 17.7 Å². The molecule has 2 atom stereocenters. The number of benzene rings is 3. The molecule has 0 heterocycles. The number of aryl methyl sites for hydroxylation is 1. The summed E-state index contributed by atoms with van der Waals surface area (Å²) in [5.74, 6) is -0.544. The molecule has 0 bridgehead atoms. The Morgan fingerprint density at radius 1 is 1.00 bits per heavy atom. The minimum absolute atomic E-state index is 0.0347. The van der Waals surface area contributed by atoms with E-state index in [0.29, 0.717) is 5.75 Å². The summed E-state index contributed by atoms with van der Waals surface area (Å²) >= 11 is 3.46. The highest BCUT2D eigenvalue weighted by Gasteiger charge is 2.34. The van der Waals surface area contributed by atoms with Crippen molar-refractivity contribution in [2.75, 3.05) is 18.0 Å². The van der Waals surface area contributed by atoms with Gasteiger partial charge in [-0.25, -0.2) is 8.42 Å². The van der Waals surface area contributed by atoms with Crippen LogP contribution in [-0.4, -0.2) is 50.9 Å². The number of amides is 2. The van der Waals surface area contributed by atoms with Gasteiger partial charge in [0.25, 0.3) is 10.0 Å². The quantitative estimate of drug-likeness (QED) is 0.294. The minimum atomic E-state index is -4.18. The summed E-state index contributed by atoms with van der Waals surface area (Å²) in [5.41, 5.74) is 1.82. The zero-order valence-corrected chi connectivity index (χ0v) is 25.8. The Hall–Kier alpha value is -3.37. The van der Waals surface area contributed by atoms with Crippen molar-refractivity contribution in [1.82, 2.24) is 10.2 Å². The molecule has 0 saturated heterocycles. The minimum Gasteiger partial charge on any atom is -0.495 e. The maximum Gasteiger partial charge on any atom is 0.264 e. The van der Waals surface area contributed by atoms with Crippen LogP contribution in [0, 0.1) is 6.92 Å². The van der Waals surface area contributed by atoms with Crippen LogP contribution in [0.4, 0.5) is 5.69 Å². The van der Waals surface area contributed by atoms with Crippen LogP contribution in [-0.2, 0) is 26.2 Å². The van der Waals surface area contributed by atoms with Gasteiger partial charge in [-0.05, 0) is 74.7 Å². The Morgan fingerprint density at radius 2 is 1.70 bits per heavy atom. The van der Waals surface area contributed by atoms with E-state index < -0.39 is 28.5 Å². The molecule has 3 rings (SSSR count). The fourth-order valence-corrected chi connectivity index (χ4v) is 5.99. The average molecular weight is 631 g/mol. The molecule has 0 aliphatic heterocycles. The van der Waals surface area contributed by atoms with Crippen LogP contribution >= 0.6 is 15.9 Å². The van der Waals surface area contributed by atoms with Gasteiger partial charge in [0.1, 0.15) is 18.3 Å². The van der Waals surface area contributed by atoms with Crippen molar-refractivity contribution in [3.05, 3.63) is 88.4 Å². The second-order valence-corrected chi connectivity index (χ2v) is 12.4. The summed E-state index contributed by atoms with van der Waals surface area (Å²) in [6.07, 6.45) is 0.730. The summed E-state index contributed by atoms with van der Waals surface area (Å²) in [6.45, 7) is 6.91. The van der Waals surface area contributed by atoms with Crippen LogP contribution in [0.15, 0.2) is 82.2 Å². The molecule has 0 spiro atoms. The number of nitrogens with zero attached hydrogens (tertiary/aromatic N) is 2. The number of hydrogen-bond donors (Lipinski definition) is 1. The maximum atomic E-state index is 14.1. The van der Waals surface area contributed by atoms with Gasteiger partial charge in [-0.2, -0.15) is 0 Å². The van der Waals surface area contributed by atoms with Gasteiger partial charge in [0.15, 0.2) is 0 Å². The number of carbonyl (C=O) groups is 2. The van der Waals surface area contributed by atoms with Gasteiger partial charge >= 0.3 is 0 Å². The molecule has 8 nitrogen and oxygen atoms in total. The van der Waals surface area contributed by atoms with Crippen LogP contribution in [0.25, 0.3) is 0 Å². The third-order valence-electron chi connectivity index (χ3n) is 6.62. The van der Waals surface area contributed by atoms with E-state index >= 15 is 0 Å². The molecule has 0 aromatic heterocycles. The Balaban J connectivity index is 2.08. The molecule has 0 aliphatic carbocycles. The van der Waals surface area contributed by atoms with Gasteiger partial charge in [0, 0.05) is 17.1 Å². The first-order valence-corrected chi connectivity index (χ1v) is 15.3. The number of nitrogens with one attached hydrogen (secondary N) is 1. The first kappa shape index (κ1) is 31.2. The van der Waals surface area contributed by atoms with Crippen molar-refractivity contribution in [1.29, 1.82) is 0 Å². The molecule has 0 fully saturated rings. The summed E-state index contributed by atoms with van der Waals surface area (Å²) in [5, 5.41) is 2.93. The first-order valence-electron chi connectivity index (χ1n) is 13.0. The molecule has 2 amide bonds. The van der Waals surface area contributed by atoms with Crippen LogP contribution in [0.1, 0.15) is 38.3 Å². The topological polar surface area (TPSA) is 96.0 Å². The summed E-state index contributed by atoms with van der Waals surface area (Å²) < 4.78 is 35.3. The summed E-state index contributed by atoms with van der Waals surface area (Å²) in [4.78, 5) is 28.7. The molecule has 1 N–H and O–H groups in total. The van der Waals surface area contributed by atoms with E-state index in [2.05, 4.69) is 21.2 Å². The first-order chi connectivity index (χ1) is 19.0. The van der Waals surface area contributed by atoms with Crippen molar-refractivity contribution in [3.63, 3.8) is 0 Å². The van der Waals surface area contributed by atoms with Crippen LogP contribution in [0.3, 0.4) is 0 Å². The third-order valence-corrected chi connectivity index (χ3v) is 8.89. The van der Waals surface area contributed by atoms with E-state index in [9.17, 15) is 18.0 Å². The number of rotatable bonds is 12. The van der Waals surface area contributed by atoms with Gasteiger partial charge in [-0.15, -0.1) is 0 Å². The number of halogens is 1. The highest BCUT2D eigenvalue weighted by molar-refractivity contribution is 9.10. The van der Waals surface area contributed by atoms with Crippen molar-refractivity contribution in [2.45, 2.75) is 57.6 Å². The molecule has 40 heavy (non-hydrogen) atoms. The number of carbonyl (C=O) groups excluding carboxylic acids is 2. The standard InChI is InChI=1S/C30H36BrN3O5S/c1-6-22(3)32-30(36)23(4)33(19-24-11-10-12-25(31)18-24)29(35)20-34(27-17-21(2)15-16-28(27)39-5)40(37,38)26-13-8-7-9-14-26/h7-18,22-23H,6,19-20H2,1-5H3,(H,32,36). The lowest BCUT2D eigenvalue weighted by atomic mass is 10.1. The number of sulfonamides is 1. The molecule has 2 unspecified atom stereocenters. The van der Waals surface area contributed by atoms with E-state index in [1.807, 2.05) is 45.0 Å². The zero-order chi connectivity index (χ0) is 29.4. The summed E-state index contributed by atoms with van der Waals surface area (Å²) in [7, 11) is -2.73. The highest BCUT2D eigenvalue weighted by atomic mass is 79.9. The van der Waals surface area contributed by atoms with E-state index in [4.69, 9.17) is 4.74 Å². The van der Waals surface area contributed by atoms with Crippen molar-refractivity contribution >= 4 is 43.5 Å². The monoisotopic (exact) mass is 629 g/mol. The zero-order valence-electron chi connectivity index (χ0n) is 23.4.